The van der Waals surface area contributed by atoms with Crippen LogP contribution in [0.2, 0.25) is 5.15 Å². The molecule has 0 aromatic carbocycles. The van der Waals surface area contributed by atoms with Crippen LogP contribution in [0.3, 0.4) is 0 Å². The molecule has 1 amide bonds. The van der Waals surface area contributed by atoms with Crippen molar-refractivity contribution in [2.45, 2.75) is 32.4 Å². The Morgan fingerprint density at radius 2 is 2.25 bits per heavy atom. The monoisotopic (exact) mass is 242 g/mol. The highest BCUT2D eigenvalue weighted by Gasteiger charge is 2.27. The summed E-state index contributed by atoms with van der Waals surface area (Å²) in [6.07, 6.45) is 0.853. The largest absolute Gasteiger partial charge is 0.391 e. The molecule has 5 heteroatoms. The van der Waals surface area contributed by atoms with Gasteiger partial charge in [-0.15, -0.1) is 0 Å². The van der Waals surface area contributed by atoms with Crippen LogP contribution in [0.25, 0.3) is 0 Å². The molecule has 0 spiro atoms. The molecule has 2 N–H and O–H groups in total. The van der Waals surface area contributed by atoms with E-state index in [0.29, 0.717) is 5.56 Å². The fourth-order valence-electron chi connectivity index (χ4n) is 1.02. The van der Waals surface area contributed by atoms with E-state index in [1.165, 1.54) is 6.20 Å². The predicted octanol–water partition coefficient (Wildman–Crippen LogP) is 1.62. The third-order valence-electron chi connectivity index (χ3n) is 2.48. The standard InChI is InChI=1S/C11H15ClN2O2/c1-7(15)11(2,3)14-10(16)8-5-4-6-13-9(8)12/h4-7,15H,1-3H3,(H,14,16). The minimum Gasteiger partial charge on any atom is -0.391 e. The van der Waals surface area contributed by atoms with E-state index in [2.05, 4.69) is 10.3 Å². The van der Waals surface area contributed by atoms with Gasteiger partial charge in [-0.05, 0) is 32.9 Å². The Hall–Kier alpha value is -1.13. The molecule has 1 aromatic heterocycles. The van der Waals surface area contributed by atoms with Gasteiger partial charge in [0.2, 0.25) is 0 Å². The maximum atomic E-state index is 11.8. The number of halogens is 1. The summed E-state index contributed by atoms with van der Waals surface area (Å²) in [5.74, 6) is -0.344. The number of aromatic nitrogens is 1. The van der Waals surface area contributed by atoms with E-state index in [-0.39, 0.29) is 11.1 Å². The van der Waals surface area contributed by atoms with Crippen molar-refractivity contribution in [3.05, 3.63) is 29.0 Å². The molecule has 16 heavy (non-hydrogen) atoms. The van der Waals surface area contributed by atoms with Crippen LogP contribution in [-0.2, 0) is 0 Å². The highest BCUT2D eigenvalue weighted by atomic mass is 35.5. The van der Waals surface area contributed by atoms with Gasteiger partial charge in [0.1, 0.15) is 5.15 Å². The zero-order chi connectivity index (χ0) is 12.3. The summed E-state index contributed by atoms with van der Waals surface area (Å²) in [7, 11) is 0. The van der Waals surface area contributed by atoms with Crippen LogP contribution in [0.1, 0.15) is 31.1 Å². The van der Waals surface area contributed by atoms with Gasteiger partial charge < -0.3 is 10.4 Å². The fraction of sp³-hybridized carbons (Fsp3) is 0.455. The molecular weight excluding hydrogens is 228 g/mol. The van der Waals surface area contributed by atoms with Gasteiger partial charge in [-0.3, -0.25) is 4.79 Å². The average molecular weight is 243 g/mol. The van der Waals surface area contributed by atoms with Crippen molar-refractivity contribution in [3.63, 3.8) is 0 Å². The van der Waals surface area contributed by atoms with E-state index in [9.17, 15) is 9.90 Å². The first-order valence-electron chi connectivity index (χ1n) is 4.95. The maximum Gasteiger partial charge on any atom is 0.254 e. The van der Waals surface area contributed by atoms with Crippen LogP contribution < -0.4 is 5.32 Å². The molecule has 0 aliphatic heterocycles. The van der Waals surface area contributed by atoms with Crippen LogP contribution >= 0.6 is 11.6 Å². The fourth-order valence-corrected chi connectivity index (χ4v) is 1.22. The number of pyridine rings is 1. The molecule has 0 aliphatic rings. The van der Waals surface area contributed by atoms with Crippen molar-refractivity contribution >= 4 is 17.5 Å². The number of amides is 1. The first-order valence-corrected chi connectivity index (χ1v) is 5.33. The zero-order valence-electron chi connectivity index (χ0n) is 9.49. The lowest BCUT2D eigenvalue weighted by Gasteiger charge is -2.29. The van der Waals surface area contributed by atoms with Gasteiger partial charge in [-0.1, -0.05) is 11.6 Å². The summed E-state index contributed by atoms with van der Waals surface area (Å²) in [6, 6.07) is 3.22. The van der Waals surface area contributed by atoms with Gasteiger partial charge in [-0.2, -0.15) is 0 Å². The molecule has 1 atom stereocenters. The van der Waals surface area contributed by atoms with Crippen LogP contribution in [0.5, 0.6) is 0 Å². The van der Waals surface area contributed by atoms with Crippen LogP contribution in [0.15, 0.2) is 18.3 Å². The van der Waals surface area contributed by atoms with Gasteiger partial charge in [0.15, 0.2) is 0 Å². The summed E-state index contributed by atoms with van der Waals surface area (Å²) < 4.78 is 0. The van der Waals surface area contributed by atoms with E-state index in [4.69, 9.17) is 11.6 Å². The number of carbonyl (C=O) groups is 1. The molecule has 0 radical (unpaired) electrons. The van der Waals surface area contributed by atoms with Crippen molar-refractivity contribution in [2.75, 3.05) is 0 Å². The van der Waals surface area contributed by atoms with Gasteiger partial charge in [0, 0.05) is 6.20 Å². The average Bonchev–Trinajstić information content (AvgIpc) is 2.17. The molecule has 1 unspecified atom stereocenters. The second-order valence-corrected chi connectivity index (χ2v) is 4.55. The van der Waals surface area contributed by atoms with Crippen LogP contribution in [0, 0.1) is 0 Å². The van der Waals surface area contributed by atoms with Gasteiger partial charge in [0.05, 0.1) is 17.2 Å². The number of rotatable bonds is 3. The lowest BCUT2D eigenvalue weighted by atomic mass is 9.98. The lowest BCUT2D eigenvalue weighted by Crippen LogP contribution is -2.51. The molecule has 0 fully saturated rings. The van der Waals surface area contributed by atoms with Crippen molar-refractivity contribution in [1.29, 1.82) is 0 Å². The summed E-state index contributed by atoms with van der Waals surface area (Å²) >= 11 is 5.79. The summed E-state index contributed by atoms with van der Waals surface area (Å²) in [4.78, 5) is 15.7. The van der Waals surface area contributed by atoms with Crippen molar-refractivity contribution in [3.8, 4) is 0 Å². The summed E-state index contributed by atoms with van der Waals surface area (Å²) in [5, 5.41) is 12.3. The zero-order valence-corrected chi connectivity index (χ0v) is 10.2. The summed E-state index contributed by atoms with van der Waals surface area (Å²) in [6.45, 7) is 5.09. The van der Waals surface area contributed by atoms with E-state index in [1.54, 1.807) is 32.9 Å². The SMILES string of the molecule is CC(O)C(C)(C)NC(=O)c1cccnc1Cl. The van der Waals surface area contributed by atoms with Crippen LogP contribution in [0.4, 0.5) is 0 Å². The minimum absolute atomic E-state index is 0.154. The Kier molecular flexibility index (Phi) is 3.88. The van der Waals surface area contributed by atoms with Crippen LogP contribution in [-0.4, -0.2) is 27.6 Å². The highest BCUT2D eigenvalue weighted by molar-refractivity contribution is 6.32. The first kappa shape index (κ1) is 12.9. The topological polar surface area (TPSA) is 62.2 Å². The Bertz CT molecular complexity index is 391. The smallest absolute Gasteiger partial charge is 0.254 e. The van der Waals surface area contributed by atoms with E-state index in [0.717, 1.165) is 0 Å². The molecule has 1 heterocycles. The molecule has 0 aliphatic carbocycles. The van der Waals surface area contributed by atoms with E-state index >= 15 is 0 Å². The minimum atomic E-state index is -0.712. The number of aliphatic hydroxyl groups excluding tert-OH is 1. The van der Waals surface area contributed by atoms with Crippen molar-refractivity contribution in [1.82, 2.24) is 10.3 Å². The Labute approximate surface area is 99.6 Å². The Morgan fingerprint density at radius 3 is 2.75 bits per heavy atom. The van der Waals surface area contributed by atoms with Gasteiger partial charge in [0.25, 0.3) is 5.91 Å². The quantitative estimate of drug-likeness (QED) is 0.792. The molecule has 0 saturated heterocycles. The molecule has 0 bridgehead atoms. The van der Waals surface area contributed by atoms with Crippen molar-refractivity contribution in [2.24, 2.45) is 0 Å². The molecule has 1 rings (SSSR count). The maximum absolute atomic E-state index is 11.8. The number of carbonyl (C=O) groups excluding carboxylic acids is 1. The molecule has 88 valence electrons. The molecule has 0 saturated carbocycles. The number of nitrogens with zero attached hydrogens (tertiary/aromatic N) is 1. The Morgan fingerprint density at radius 1 is 1.62 bits per heavy atom. The van der Waals surface area contributed by atoms with Crippen molar-refractivity contribution < 1.29 is 9.90 Å². The number of hydrogen-bond donors (Lipinski definition) is 2. The van der Waals surface area contributed by atoms with Gasteiger partial charge in [-0.25, -0.2) is 4.98 Å². The number of hydrogen-bond acceptors (Lipinski definition) is 3. The predicted molar refractivity (Wildman–Crippen MR) is 62.5 cm³/mol. The molecule has 4 nitrogen and oxygen atoms in total. The molecular formula is C11H15ClN2O2. The Balaban J connectivity index is 2.85. The van der Waals surface area contributed by atoms with E-state index < -0.39 is 11.6 Å². The summed E-state index contributed by atoms with van der Waals surface area (Å²) in [5.41, 5.74) is -0.408. The number of nitrogens with one attached hydrogen (secondary N) is 1. The number of aliphatic hydroxyl groups is 1. The third-order valence-corrected chi connectivity index (χ3v) is 2.79. The second-order valence-electron chi connectivity index (χ2n) is 4.19. The first-order chi connectivity index (χ1) is 7.34. The third kappa shape index (κ3) is 2.93. The molecule has 1 aromatic rings. The van der Waals surface area contributed by atoms with Gasteiger partial charge >= 0.3 is 0 Å². The normalized spacial score (nSPS) is 13.3. The van der Waals surface area contributed by atoms with E-state index in [1.807, 2.05) is 0 Å². The lowest BCUT2D eigenvalue weighted by molar-refractivity contribution is 0.0709. The second kappa shape index (κ2) is 4.80. The highest BCUT2D eigenvalue weighted by Crippen LogP contribution is 2.14.